The van der Waals surface area contributed by atoms with Crippen LogP contribution in [0, 0.1) is 0 Å². The molecule has 0 atom stereocenters. The van der Waals surface area contributed by atoms with Crippen molar-refractivity contribution in [2.75, 3.05) is 5.32 Å². The fourth-order valence-corrected chi connectivity index (χ4v) is 1.41. The number of hydrazone groups is 1. The maximum atomic E-state index is 11.7. The minimum absolute atomic E-state index is 0.0803. The molecular formula is C13H13N3O. The fraction of sp³-hybridized carbons (Fsp3) is 0.0769. The lowest BCUT2D eigenvalue weighted by Crippen LogP contribution is -2.16. The van der Waals surface area contributed by atoms with Crippen molar-refractivity contribution in [2.45, 2.75) is 6.42 Å². The summed E-state index contributed by atoms with van der Waals surface area (Å²) in [6.45, 7) is 0. The van der Waals surface area contributed by atoms with Gasteiger partial charge in [-0.2, -0.15) is 5.10 Å². The first-order valence-electron chi connectivity index (χ1n) is 5.35. The Hall–Kier alpha value is -2.36. The summed E-state index contributed by atoms with van der Waals surface area (Å²) in [6.07, 6.45) is 7.43. The summed E-state index contributed by atoms with van der Waals surface area (Å²) in [4.78, 5) is 11.7. The van der Waals surface area contributed by atoms with Gasteiger partial charge in [-0.15, -0.1) is 0 Å². The van der Waals surface area contributed by atoms with Crippen molar-refractivity contribution in [1.29, 1.82) is 0 Å². The second-order valence-electron chi connectivity index (χ2n) is 3.54. The Morgan fingerprint density at radius 2 is 2.06 bits per heavy atom. The second-order valence-corrected chi connectivity index (χ2v) is 3.54. The van der Waals surface area contributed by atoms with Crippen molar-refractivity contribution in [2.24, 2.45) is 5.10 Å². The van der Waals surface area contributed by atoms with Crippen LogP contribution < -0.4 is 10.7 Å². The number of rotatable bonds is 3. The van der Waals surface area contributed by atoms with Gasteiger partial charge in [0.25, 0.3) is 0 Å². The number of hydrogen-bond donors (Lipinski definition) is 2. The van der Waals surface area contributed by atoms with Crippen LogP contribution in [0.2, 0.25) is 0 Å². The molecule has 17 heavy (non-hydrogen) atoms. The third-order valence-corrected chi connectivity index (χ3v) is 2.18. The number of allylic oxidation sites excluding steroid dienone is 3. The van der Waals surface area contributed by atoms with E-state index in [0.29, 0.717) is 5.71 Å². The molecular weight excluding hydrogens is 214 g/mol. The number of nitrogens with zero attached hydrogens (tertiary/aromatic N) is 1. The quantitative estimate of drug-likeness (QED) is 0.830. The summed E-state index contributed by atoms with van der Waals surface area (Å²) >= 11 is 0. The number of benzene rings is 1. The van der Waals surface area contributed by atoms with Crippen LogP contribution in [0.5, 0.6) is 0 Å². The van der Waals surface area contributed by atoms with Crippen LogP contribution in [0.1, 0.15) is 6.42 Å². The van der Waals surface area contributed by atoms with Crippen LogP contribution in [-0.4, -0.2) is 11.6 Å². The maximum Gasteiger partial charge on any atom is 0.230 e. The lowest BCUT2D eigenvalue weighted by molar-refractivity contribution is -0.115. The molecule has 0 unspecified atom stereocenters. The van der Waals surface area contributed by atoms with Crippen molar-refractivity contribution in [1.82, 2.24) is 5.43 Å². The van der Waals surface area contributed by atoms with Gasteiger partial charge in [-0.1, -0.05) is 24.3 Å². The standard InChI is InChI=1S/C13H13N3O/c17-13(15-11-6-2-1-3-7-11)10-12-8-4-5-9-14-16-12/h1-9,14H,10H2,(H,15,17). The van der Waals surface area contributed by atoms with Gasteiger partial charge in [-0.25, -0.2) is 0 Å². The summed E-state index contributed by atoms with van der Waals surface area (Å²) in [5.41, 5.74) is 4.22. The molecule has 0 aliphatic carbocycles. The van der Waals surface area contributed by atoms with E-state index in [1.807, 2.05) is 42.5 Å². The Balaban J connectivity index is 1.92. The Morgan fingerprint density at radius 1 is 1.24 bits per heavy atom. The van der Waals surface area contributed by atoms with Gasteiger partial charge in [-0.05, 0) is 24.3 Å². The van der Waals surface area contributed by atoms with Crippen LogP contribution in [0.4, 0.5) is 5.69 Å². The van der Waals surface area contributed by atoms with Crippen LogP contribution in [0.25, 0.3) is 0 Å². The molecule has 1 aliphatic rings. The zero-order valence-corrected chi connectivity index (χ0v) is 9.26. The molecule has 0 saturated heterocycles. The second kappa shape index (κ2) is 5.65. The summed E-state index contributed by atoms with van der Waals surface area (Å²) in [5.74, 6) is -0.0803. The predicted molar refractivity (Wildman–Crippen MR) is 68.5 cm³/mol. The van der Waals surface area contributed by atoms with E-state index in [0.717, 1.165) is 5.69 Å². The topological polar surface area (TPSA) is 53.5 Å². The number of anilines is 1. The molecule has 86 valence electrons. The Labute approximate surface area is 99.7 Å². The van der Waals surface area contributed by atoms with Gasteiger partial charge in [0, 0.05) is 11.9 Å². The van der Waals surface area contributed by atoms with E-state index in [1.54, 1.807) is 12.3 Å². The van der Waals surface area contributed by atoms with Crippen molar-refractivity contribution in [3.8, 4) is 0 Å². The van der Waals surface area contributed by atoms with Gasteiger partial charge in [0.15, 0.2) is 0 Å². The van der Waals surface area contributed by atoms with E-state index < -0.39 is 0 Å². The number of amides is 1. The molecule has 1 aromatic carbocycles. The first-order chi connectivity index (χ1) is 8.34. The number of carbonyl (C=O) groups is 1. The van der Waals surface area contributed by atoms with Crippen LogP contribution in [0.15, 0.2) is 59.9 Å². The Morgan fingerprint density at radius 3 is 2.88 bits per heavy atom. The third kappa shape index (κ3) is 3.61. The highest BCUT2D eigenvalue weighted by atomic mass is 16.1. The van der Waals surface area contributed by atoms with E-state index in [1.165, 1.54) is 0 Å². The number of nitrogens with one attached hydrogen (secondary N) is 2. The monoisotopic (exact) mass is 227 g/mol. The first-order valence-corrected chi connectivity index (χ1v) is 5.35. The highest BCUT2D eigenvalue weighted by Gasteiger charge is 2.06. The van der Waals surface area contributed by atoms with E-state index >= 15 is 0 Å². The summed E-state index contributed by atoms with van der Waals surface area (Å²) in [7, 11) is 0. The zero-order valence-electron chi connectivity index (χ0n) is 9.26. The molecule has 4 nitrogen and oxygen atoms in total. The molecule has 1 aromatic rings. The summed E-state index contributed by atoms with van der Waals surface area (Å²) in [6, 6.07) is 9.36. The SMILES string of the molecule is O=C(CC1=NNC=CC=C1)Nc1ccccc1. The van der Waals surface area contributed by atoms with Gasteiger partial charge in [0.2, 0.25) is 5.91 Å². The first kappa shape index (κ1) is 11.1. The van der Waals surface area contributed by atoms with Crippen molar-refractivity contribution in [3.05, 3.63) is 54.8 Å². The van der Waals surface area contributed by atoms with Gasteiger partial charge in [-0.3, -0.25) is 10.2 Å². The van der Waals surface area contributed by atoms with Crippen molar-refractivity contribution >= 4 is 17.3 Å². The predicted octanol–water partition coefficient (Wildman–Crippen LogP) is 2.04. The van der Waals surface area contributed by atoms with Crippen molar-refractivity contribution in [3.63, 3.8) is 0 Å². The van der Waals surface area contributed by atoms with Crippen LogP contribution in [-0.2, 0) is 4.79 Å². The number of para-hydroxylation sites is 1. The molecule has 0 spiro atoms. The van der Waals surface area contributed by atoms with E-state index in [9.17, 15) is 4.79 Å². The average molecular weight is 227 g/mol. The zero-order chi connectivity index (χ0) is 11.9. The third-order valence-electron chi connectivity index (χ3n) is 2.18. The molecule has 0 bridgehead atoms. The van der Waals surface area contributed by atoms with E-state index in [-0.39, 0.29) is 12.3 Å². The smallest absolute Gasteiger partial charge is 0.230 e. The molecule has 1 aliphatic heterocycles. The van der Waals surface area contributed by atoms with Gasteiger partial charge < -0.3 is 5.32 Å². The largest absolute Gasteiger partial charge is 0.326 e. The van der Waals surface area contributed by atoms with E-state index in [2.05, 4.69) is 15.8 Å². The summed E-state index contributed by atoms with van der Waals surface area (Å²) < 4.78 is 0. The number of carbonyl (C=O) groups excluding carboxylic acids is 1. The molecule has 1 amide bonds. The molecule has 2 N–H and O–H groups in total. The van der Waals surface area contributed by atoms with Gasteiger partial charge in [0.1, 0.15) is 0 Å². The van der Waals surface area contributed by atoms with Gasteiger partial charge >= 0.3 is 0 Å². The lowest BCUT2D eigenvalue weighted by atomic mass is 10.2. The molecule has 0 saturated carbocycles. The molecule has 1 heterocycles. The molecule has 0 fully saturated rings. The maximum absolute atomic E-state index is 11.7. The summed E-state index contributed by atoms with van der Waals surface area (Å²) in [5, 5.41) is 6.84. The molecule has 2 rings (SSSR count). The normalized spacial score (nSPS) is 13.5. The fourth-order valence-electron chi connectivity index (χ4n) is 1.41. The Kier molecular flexibility index (Phi) is 3.70. The highest BCUT2D eigenvalue weighted by molar-refractivity contribution is 6.10. The molecule has 0 aromatic heterocycles. The molecule has 0 radical (unpaired) electrons. The lowest BCUT2D eigenvalue weighted by Gasteiger charge is -2.04. The number of hydrogen-bond acceptors (Lipinski definition) is 3. The minimum Gasteiger partial charge on any atom is -0.326 e. The minimum atomic E-state index is -0.0803. The average Bonchev–Trinajstić information content (AvgIpc) is 2.59. The molecule has 4 heteroatoms. The van der Waals surface area contributed by atoms with E-state index in [4.69, 9.17) is 0 Å². The highest BCUT2D eigenvalue weighted by Crippen LogP contribution is 2.06. The van der Waals surface area contributed by atoms with Crippen LogP contribution >= 0.6 is 0 Å². The van der Waals surface area contributed by atoms with Crippen LogP contribution in [0.3, 0.4) is 0 Å². The van der Waals surface area contributed by atoms with Crippen molar-refractivity contribution < 1.29 is 4.79 Å². The Bertz CT molecular complexity index is 475. The van der Waals surface area contributed by atoms with Gasteiger partial charge in [0.05, 0.1) is 12.1 Å².